The third-order valence-electron chi connectivity index (χ3n) is 6.37. The Hall–Kier alpha value is -3.97. The molecule has 10 nitrogen and oxygen atoms in total. The number of imide groups is 1. The standard InChI is InChI=1S/C26H20N4O6S2/c31-23(19-7-3-4-8-21(19)30-24(32)17-5-1-2-6-18(17)25(30)33)28-26-27-20-10-9-16(15-22(20)37-26)38(34,35)29-11-13-36-14-12-29/h1-10,15H,11-14H2,(H,27,28,31). The number of morpholine rings is 1. The maximum atomic E-state index is 13.3. The summed E-state index contributed by atoms with van der Waals surface area (Å²) in [5.74, 6) is -1.56. The Bertz CT molecular complexity index is 1690. The Morgan fingerprint density at radius 3 is 2.29 bits per heavy atom. The molecular weight excluding hydrogens is 528 g/mol. The molecule has 0 spiro atoms. The van der Waals surface area contributed by atoms with E-state index in [0.29, 0.717) is 23.4 Å². The molecule has 1 N–H and O–H groups in total. The molecule has 192 valence electrons. The highest BCUT2D eigenvalue weighted by molar-refractivity contribution is 7.89. The Kier molecular flexibility index (Phi) is 6.03. The molecule has 2 aliphatic heterocycles. The summed E-state index contributed by atoms with van der Waals surface area (Å²) < 4.78 is 33.3. The van der Waals surface area contributed by atoms with Crippen molar-refractivity contribution in [3.05, 3.63) is 83.4 Å². The van der Waals surface area contributed by atoms with Gasteiger partial charge in [0.05, 0.1) is 50.7 Å². The van der Waals surface area contributed by atoms with E-state index in [0.717, 1.165) is 16.2 Å². The lowest BCUT2D eigenvalue weighted by molar-refractivity contribution is 0.0730. The monoisotopic (exact) mass is 548 g/mol. The molecule has 0 radical (unpaired) electrons. The molecule has 0 atom stereocenters. The zero-order valence-electron chi connectivity index (χ0n) is 19.8. The van der Waals surface area contributed by atoms with E-state index in [-0.39, 0.29) is 45.5 Å². The third kappa shape index (κ3) is 4.07. The predicted octanol–water partition coefficient (Wildman–Crippen LogP) is 3.37. The normalized spacial score (nSPS) is 16.2. The van der Waals surface area contributed by atoms with Crippen molar-refractivity contribution in [1.82, 2.24) is 9.29 Å². The number of anilines is 2. The van der Waals surface area contributed by atoms with Gasteiger partial charge in [0.25, 0.3) is 17.7 Å². The van der Waals surface area contributed by atoms with Crippen LogP contribution in [0.5, 0.6) is 0 Å². The number of carbonyl (C=O) groups excluding carboxylic acids is 3. The van der Waals surface area contributed by atoms with Gasteiger partial charge in [-0.05, 0) is 42.5 Å². The second-order valence-corrected chi connectivity index (χ2v) is 11.6. The van der Waals surface area contributed by atoms with Crippen molar-refractivity contribution in [2.24, 2.45) is 0 Å². The van der Waals surface area contributed by atoms with Crippen molar-refractivity contribution in [1.29, 1.82) is 0 Å². The molecule has 4 aromatic rings. The molecule has 6 rings (SSSR count). The average molecular weight is 549 g/mol. The minimum atomic E-state index is -3.68. The molecule has 1 saturated heterocycles. The summed E-state index contributed by atoms with van der Waals surface area (Å²) in [7, 11) is -3.68. The second-order valence-electron chi connectivity index (χ2n) is 8.63. The lowest BCUT2D eigenvalue weighted by Gasteiger charge is -2.25. The van der Waals surface area contributed by atoms with Gasteiger partial charge in [0, 0.05) is 13.1 Å². The lowest BCUT2D eigenvalue weighted by Crippen LogP contribution is -2.40. The van der Waals surface area contributed by atoms with Crippen LogP contribution in [0.25, 0.3) is 10.2 Å². The predicted molar refractivity (Wildman–Crippen MR) is 141 cm³/mol. The molecule has 1 fully saturated rings. The number of nitrogens with zero attached hydrogens (tertiary/aromatic N) is 3. The molecule has 0 unspecified atom stereocenters. The summed E-state index contributed by atoms with van der Waals surface area (Å²) in [5.41, 5.74) is 1.37. The van der Waals surface area contributed by atoms with Gasteiger partial charge < -0.3 is 4.74 Å². The van der Waals surface area contributed by atoms with Gasteiger partial charge in [0.15, 0.2) is 5.13 Å². The van der Waals surface area contributed by atoms with Crippen molar-refractivity contribution in [3.8, 4) is 0 Å². The number of amides is 3. The number of hydrogen-bond acceptors (Lipinski definition) is 8. The maximum absolute atomic E-state index is 13.3. The summed E-state index contributed by atoms with van der Waals surface area (Å²) in [4.78, 5) is 44.8. The highest BCUT2D eigenvalue weighted by Crippen LogP contribution is 2.33. The zero-order chi connectivity index (χ0) is 26.4. The maximum Gasteiger partial charge on any atom is 0.266 e. The number of para-hydroxylation sites is 1. The smallest absolute Gasteiger partial charge is 0.266 e. The Labute approximate surface area is 221 Å². The van der Waals surface area contributed by atoms with E-state index in [1.54, 1.807) is 48.5 Å². The fraction of sp³-hybridized carbons (Fsp3) is 0.154. The topological polar surface area (TPSA) is 126 Å². The average Bonchev–Trinajstić information content (AvgIpc) is 3.46. The van der Waals surface area contributed by atoms with Crippen molar-refractivity contribution in [3.63, 3.8) is 0 Å². The summed E-state index contributed by atoms with van der Waals surface area (Å²) in [5, 5.41) is 2.98. The van der Waals surface area contributed by atoms with Gasteiger partial charge in [0.2, 0.25) is 10.0 Å². The van der Waals surface area contributed by atoms with Gasteiger partial charge in [-0.2, -0.15) is 4.31 Å². The molecule has 0 saturated carbocycles. The molecule has 3 aromatic carbocycles. The van der Waals surface area contributed by atoms with Gasteiger partial charge in [-0.25, -0.2) is 18.3 Å². The van der Waals surface area contributed by atoms with Crippen LogP contribution in [0, 0.1) is 0 Å². The van der Waals surface area contributed by atoms with Crippen LogP contribution in [0.4, 0.5) is 10.8 Å². The summed E-state index contributed by atoms with van der Waals surface area (Å²) >= 11 is 1.13. The van der Waals surface area contributed by atoms with Gasteiger partial charge in [-0.1, -0.05) is 35.6 Å². The van der Waals surface area contributed by atoms with E-state index < -0.39 is 27.7 Å². The number of carbonyl (C=O) groups is 3. The Morgan fingerprint density at radius 2 is 1.58 bits per heavy atom. The minimum absolute atomic E-state index is 0.122. The van der Waals surface area contributed by atoms with Gasteiger partial charge in [-0.3, -0.25) is 19.7 Å². The van der Waals surface area contributed by atoms with E-state index >= 15 is 0 Å². The van der Waals surface area contributed by atoms with Crippen LogP contribution in [0.2, 0.25) is 0 Å². The fourth-order valence-corrected chi connectivity index (χ4v) is 6.90. The first-order valence-electron chi connectivity index (χ1n) is 11.7. The third-order valence-corrected chi connectivity index (χ3v) is 9.20. The fourth-order valence-electron chi connectivity index (χ4n) is 4.49. The summed E-state index contributed by atoms with van der Waals surface area (Å²) in [6.07, 6.45) is 0. The number of thiazole rings is 1. The molecular formula is C26H20N4O6S2. The quantitative estimate of drug-likeness (QED) is 0.379. The molecule has 3 heterocycles. The van der Waals surface area contributed by atoms with Crippen LogP contribution in [0.15, 0.2) is 71.6 Å². The second kappa shape index (κ2) is 9.40. The number of fused-ring (bicyclic) bond motifs is 2. The molecule has 3 amide bonds. The van der Waals surface area contributed by atoms with Crippen LogP contribution in [0.3, 0.4) is 0 Å². The zero-order valence-corrected chi connectivity index (χ0v) is 21.4. The first-order chi connectivity index (χ1) is 18.3. The lowest BCUT2D eigenvalue weighted by atomic mass is 10.1. The molecule has 2 aliphatic rings. The number of hydrogen-bond donors (Lipinski definition) is 1. The highest BCUT2D eigenvalue weighted by Gasteiger charge is 2.38. The van der Waals surface area contributed by atoms with Gasteiger partial charge in [-0.15, -0.1) is 0 Å². The van der Waals surface area contributed by atoms with E-state index in [1.807, 2.05) is 0 Å². The van der Waals surface area contributed by atoms with Crippen LogP contribution in [-0.2, 0) is 14.8 Å². The number of aromatic nitrogens is 1. The van der Waals surface area contributed by atoms with E-state index in [1.165, 1.54) is 22.5 Å². The molecule has 0 bridgehead atoms. The van der Waals surface area contributed by atoms with Crippen molar-refractivity contribution < 1.29 is 27.5 Å². The van der Waals surface area contributed by atoms with E-state index in [2.05, 4.69) is 10.3 Å². The Morgan fingerprint density at radius 1 is 0.921 bits per heavy atom. The molecule has 12 heteroatoms. The largest absolute Gasteiger partial charge is 0.379 e. The van der Waals surface area contributed by atoms with Crippen LogP contribution < -0.4 is 10.2 Å². The van der Waals surface area contributed by atoms with E-state index in [9.17, 15) is 22.8 Å². The first-order valence-corrected chi connectivity index (χ1v) is 14.0. The van der Waals surface area contributed by atoms with Crippen molar-refractivity contribution in [2.75, 3.05) is 36.5 Å². The summed E-state index contributed by atoms with van der Waals surface area (Å²) in [6, 6.07) is 17.5. The highest BCUT2D eigenvalue weighted by atomic mass is 32.2. The number of sulfonamides is 1. The van der Waals surface area contributed by atoms with E-state index in [4.69, 9.17) is 4.74 Å². The van der Waals surface area contributed by atoms with Crippen molar-refractivity contribution >= 4 is 60.1 Å². The molecule has 38 heavy (non-hydrogen) atoms. The number of ether oxygens (including phenoxy) is 1. The van der Waals surface area contributed by atoms with Gasteiger partial charge in [0.1, 0.15) is 0 Å². The molecule has 1 aromatic heterocycles. The SMILES string of the molecule is O=C(Nc1nc2ccc(S(=O)(=O)N3CCOCC3)cc2s1)c1ccccc1N1C(=O)c2ccccc2C1=O. The molecule has 0 aliphatic carbocycles. The first kappa shape index (κ1) is 24.4. The summed E-state index contributed by atoms with van der Waals surface area (Å²) in [6.45, 7) is 1.27. The van der Waals surface area contributed by atoms with Crippen molar-refractivity contribution in [2.45, 2.75) is 4.90 Å². The van der Waals surface area contributed by atoms with Crippen LogP contribution in [-0.4, -0.2) is 61.7 Å². The van der Waals surface area contributed by atoms with Crippen LogP contribution in [0.1, 0.15) is 31.1 Å². The Balaban J connectivity index is 1.28. The minimum Gasteiger partial charge on any atom is -0.379 e. The van der Waals surface area contributed by atoms with Gasteiger partial charge >= 0.3 is 0 Å². The van der Waals surface area contributed by atoms with Crippen LogP contribution >= 0.6 is 11.3 Å². The number of benzene rings is 3. The number of nitrogens with one attached hydrogen (secondary N) is 1. The number of rotatable bonds is 5.